The van der Waals surface area contributed by atoms with Crippen LogP contribution in [0.1, 0.15) is 28.8 Å². The number of hydrogen-bond acceptors (Lipinski definition) is 3. The number of aliphatic hydroxyl groups is 1. The van der Waals surface area contributed by atoms with Gasteiger partial charge in [-0.1, -0.05) is 6.07 Å². The quantitative estimate of drug-likeness (QED) is 0.616. The van der Waals surface area contributed by atoms with Crippen molar-refractivity contribution in [3.63, 3.8) is 0 Å². The van der Waals surface area contributed by atoms with Crippen LogP contribution in [0.4, 0.5) is 4.39 Å². The summed E-state index contributed by atoms with van der Waals surface area (Å²) in [5.41, 5.74) is 0.770. The average molecular weight is 226 g/mol. The third-order valence-electron chi connectivity index (χ3n) is 2.31. The molecule has 0 aliphatic rings. The second-order valence-electron chi connectivity index (χ2n) is 3.49. The highest BCUT2D eigenvalue weighted by atomic mass is 19.1. The van der Waals surface area contributed by atoms with Crippen molar-refractivity contribution in [3.05, 3.63) is 35.1 Å². The fraction of sp³-hybridized carbons (Fsp3) is 0.417. The third kappa shape index (κ3) is 3.31. The minimum atomic E-state index is -0.667. The van der Waals surface area contributed by atoms with Crippen LogP contribution in [-0.4, -0.2) is 24.8 Å². The largest absolute Gasteiger partial charge is 0.465 e. The first-order valence-electron chi connectivity index (χ1n) is 5.16. The van der Waals surface area contributed by atoms with Crippen molar-refractivity contribution in [1.29, 1.82) is 0 Å². The van der Waals surface area contributed by atoms with Crippen molar-refractivity contribution in [2.24, 2.45) is 0 Å². The Hall–Kier alpha value is -1.42. The Labute approximate surface area is 93.9 Å². The van der Waals surface area contributed by atoms with E-state index in [1.54, 1.807) is 6.07 Å². The van der Waals surface area contributed by atoms with Gasteiger partial charge < -0.3 is 9.84 Å². The summed E-state index contributed by atoms with van der Waals surface area (Å²) in [7, 11) is 1.22. The molecule has 4 heteroatoms. The summed E-state index contributed by atoms with van der Waals surface area (Å²) in [5.74, 6) is -1.23. The van der Waals surface area contributed by atoms with Crippen LogP contribution in [0.25, 0.3) is 0 Å². The monoisotopic (exact) mass is 226 g/mol. The summed E-state index contributed by atoms with van der Waals surface area (Å²) in [5, 5.41) is 8.61. The van der Waals surface area contributed by atoms with Crippen LogP contribution in [0.15, 0.2) is 18.2 Å². The second-order valence-corrected chi connectivity index (χ2v) is 3.49. The van der Waals surface area contributed by atoms with E-state index in [9.17, 15) is 9.18 Å². The highest BCUT2D eigenvalue weighted by Gasteiger charge is 2.11. The summed E-state index contributed by atoms with van der Waals surface area (Å²) in [6.07, 6.45) is 2.19. The lowest BCUT2D eigenvalue weighted by molar-refractivity contribution is 0.0595. The van der Waals surface area contributed by atoms with Crippen LogP contribution in [0, 0.1) is 5.82 Å². The van der Waals surface area contributed by atoms with Crippen molar-refractivity contribution in [3.8, 4) is 0 Å². The average Bonchev–Trinajstić information content (AvgIpc) is 2.29. The summed E-state index contributed by atoms with van der Waals surface area (Å²) in [4.78, 5) is 11.1. The smallest absolute Gasteiger partial charge is 0.340 e. The minimum absolute atomic E-state index is 0.0478. The molecule has 1 aromatic rings. The molecule has 0 aliphatic heterocycles. The van der Waals surface area contributed by atoms with E-state index in [1.807, 2.05) is 0 Å². The number of aryl methyl sites for hydroxylation is 1. The summed E-state index contributed by atoms with van der Waals surface area (Å²) < 4.78 is 17.9. The first kappa shape index (κ1) is 12.6. The van der Waals surface area contributed by atoms with Crippen molar-refractivity contribution >= 4 is 5.97 Å². The van der Waals surface area contributed by atoms with E-state index in [0.717, 1.165) is 12.0 Å². The number of halogens is 1. The molecule has 0 saturated heterocycles. The van der Waals surface area contributed by atoms with Crippen LogP contribution >= 0.6 is 0 Å². The number of rotatable bonds is 5. The first-order chi connectivity index (χ1) is 7.69. The summed E-state index contributed by atoms with van der Waals surface area (Å²) in [6, 6.07) is 4.46. The molecule has 0 aliphatic carbocycles. The second kappa shape index (κ2) is 6.23. The van der Waals surface area contributed by atoms with E-state index in [0.29, 0.717) is 12.8 Å². The van der Waals surface area contributed by atoms with Crippen LogP contribution in [0.3, 0.4) is 0 Å². The molecule has 88 valence electrons. The number of ether oxygens (including phenoxy) is 1. The predicted molar refractivity (Wildman–Crippen MR) is 57.8 cm³/mol. The van der Waals surface area contributed by atoms with E-state index in [4.69, 9.17) is 5.11 Å². The highest BCUT2D eigenvalue weighted by Crippen LogP contribution is 2.13. The fourth-order valence-electron chi connectivity index (χ4n) is 1.43. The molecule has 16 heavy (non-hydrogen) atoms. The van der Waals surface area contributed by atoms with E-state index < -0.39 is 11.8 Å². The van der Waals surface area contributed by atoms with Crippen LogP contribution in [0.5, 0.6) is 0 Å². The fourth-order valence-corrected chi connectivity index (χ4v) is 1.43. The Morgan fingerprint density at radius 2 is 2.19 bits per heavy atom. The number of carbonyl (C=O) groups excluding carboxylic acids is 1. The molecule has 3 nitrogen and oxygen atoms in total. The van der Waals surface area contributed by atoms with Crippen molar-refractivity contribution in [1.82, 2.24) is 0 Å². The van der Waals surface area contributed by atoms with Gasteiger partial charge in [-0.05, 0) is 37.0 Å². The third-order valence-corrected chi connectivity index (χ3v) is 2.31. The van der Waals surface area contributed by atoms with Crippen molar-refractivity contribution < 1.29 is 19.0 Å². The number of carbonyl (C=O) groups is 1. The lowest BCUT2D eigenvalue weighted by Gasteiger charge is -2.04. The Morgan fingerprint density at radius 1 is 1.44 bits per heavy atom. The van der Waals surface area contributed by atoms with Gasteiger partial charge in [0, 0.05) is 6.61 Å². The molecule has 0 saturated carbocycles. The number of esters is 1. The molecule has 0 spiro atoms. The molecule has 1 rings (SSSR count). The lowest BCUT2D eigenvalue weighted by Crippen LogP contribution is -2.04. The number of benzene rings is 1. The van der Waals surface area contributed by atoms with Gasteiger partial charge in [0.1, 0.15) is 5.82 Å². The Bertz CT molecular complexity index is 363. The zero-order chi connectivity index (χ0) is 12.0. The Kier molecular flexibility index (Phi) is 4.92. The van der Waals surface area contributed by atoms with E-state index in [1.165, 1.54) is 19.2 Å². The zero-order valence-electron chi connectivity index (χ0n) is 9.20. The van der Waals surface area contributed by atoms with Gasteiger partial charge in [-0.2, -0.15) is 0 Å². The molecule has 0 fully saturated rings. The SMILES string of the molecule is COC(=O)c1ccc(CCCCO)cc1F. The maximum Gasteiger partial charge on any atom is 0.340 e. The molecule has 0 aromatic heterocycles. The standard InChI is InChI=1S/C12H15FO3/c1-16-12(15)10-6-5-9(8-11(10)13)4-2-3-7-14/h5-6,8,14H,2-4,7H2,1H3. The van der Waals surface area contributed by atoms with Crippen LogP contribution in [0.2, 0.25) is 0 Å². The van der Waals surface area contributed by atoms with E-state index >= 15 is 0 Å². The van der Waals surface area contributed by atoms with Crippen molar-refractivity contribution in [2.45, 2.75) is 19.3 Å². The summed E-state index contributed by atoms with van der Waals surface area (Å²) >= 11 is 0. The number of aliphatic hydroxyl groups excluding tert-OH is 1. The molecule has 0 heterocycles. The van der Waals surface area contributed by atoms with Gasteiger partial charge in [0.05, 0.1) is 12.7 Å². The topological polar surface area (TPSA) is 46.5 Å². The van der Waals surface area contributed by atoms with Gasteiger partial charge >= 0.3 is 5.97 Å². The van der Waals surface area contributed by atoms with Gasteiger partial charge in [-0.3, -0.25) is 0 Å². The van der Waals surface area contributed by atoms with Gasteiger partial charge in [0.25, 0.3) is 0 Å². The maximum atomic E-state index is 13.4. The Balaban J connectivity index is 2.71. The molecular weight excluding hydrogens is 211 g/mol. The predicted octanol–water partition coefficient (Wildman–Crippen LogP) is 1.93. The normalized spacial score (nSPS) is 10.2. The molecule has 0 bridgehead atoms. The molecule has 0 unspecified atom stereocenters. The zero-order valence-corrected chi connectivity index (χ0v) is 9.20. The number of methoxy groups -OCH3 is 1. The van der Waals surface area contributed by atoms with Gasteiger partial charge in [0.15, 0.2) is 0 Å². The first-order valence-corrected chi connectivity index (χ1v) is 5.16. The highest BCUT2D eigenvalue weighted by molar-refractivity contribution is 5.89. The van der Waals surface area contributed by atoms with Gasteiger partial charge in [-0.25, -0.2) is 9.18 Å². The molecular formula is C12H15FO3. The van der Waals surface area contributed by atoms with Crippen LogP contribution in [-0.2, 0) is 11.2 Å². The van der Waals surface area contributed by atoms with Gasteiger partial charge in [-0.15, -0.1) is 0 Å². The van der Waals surface area contributed by atoms with Crippen molar-refractivity contribution in [2.75, 3.05) is 13.7 Å². The molecule has 1 aromatic carbocycles. The van der Waals surface area contributed by atoms with E-state index in [-0.39, 0.29) is 12.2 Å². The van der Waals surface area contributed by atoms with Gasteiger partial charge in [0.2, 0.25) is 0 Å². The summed E-state index contributed by atoms with van der Waals surface area (Å²) in [6.45, 7) is 0.142. The molecule has 1 N–H and O–H groups in total. The number of unbranched alkanes of at least 4 members (excludes halogenated alkanes) is 1. The maximum absolute atomic E-state index is 13.4. The molecule has 0 amide bonds. The lowest BCUT2D eigenvalue weighted by atomic mass is 10.1. The number of hydrogen-bond donors (Lipinski definition) is 1. The Morgan fingerprint density at radius 3 is 2.75 bits per heavy atom. The van der Waals surface area contributed by atoms with Crippen LogP contribution < -0.4 is 0 Å². The molecule has 0 radical (unpaired) electrons. The van der Waals surface area contributed by atoms with E-state index in [2.05, 4.69) is 4.74 Å². The molecule has 0 atom stereocenters. The minimum Gasteiger partial charge on any atom is -0.465 e.